The number of hydrogen-bond donors (Lipinski definition) is 0. The van der Waals surface area contributed by atoms with Crippen molar-refractivity contribution < 1.29 is 17.9 Å². The molecule has 0 aliphatic carbocycles. The molecule has 0 saturated carbocycles. The summed E-state index contributed by atoms with van der Waals surface area (Å²) in [7, 11) is 0. The minimum absolute atomic E-state index is 0.0988. The van der Waals surface area contributed by atoms with E-state index in [0.29, 0.717) is 0 Å². The lowest BCUT2D eigenvalue weighted by Gasteiger charge is -2.13. The SMILES string of the molecule is CCOc1ccc(N=[N+]=[N-])cc1C(F)(F)F. The molecule has 7 heteroatoms. The maximum Gasteiger partial charge on any atom is 0.419 e. The van der Waals surface area contributed by atoms with E-state index in [-0.39, 0.29) is 18.0 Å². The Morgan fingerprint density at radius 1 is 1.44 bits per heavy atom. The first-order valence-corrected chi connectivity index (χ1v) is 4.38. The standard InChI is InChI=1S/C9H8F3N3O/c1-2-16-8-4-3-6(14-15-13)5-7(8)9(10,11)12/h3-5H,2H2,1H3. The first kappa shape index (κ1) is 12.2. The van der Waals surface area contributed by atoms with Gasteiger partial charge in [-0.25, -0.2) is 0 Å². The molecule has 0 aliphatic rings. The Hall–Kier alpha value is -1.88. The van der Waals surface area contributed by atoms with Crippen LogP contribution in [0.2, 0.25) is 0 Å². The quantitative estimate of drug-likeness (QED) is 0.439. The lowest BCUT2D eigenvalue weighted by Crippen LogP contribution is -2.08. The average Bonchev–Trinajstić information content (AvgIpc) is 2.19. The van der Waals surface area contributed by atoms with Crippen molar-refractivity contribution in [3.8, 4) is 5.75 Å². The van der Waals surface area contributed by atoms with Crippen molar-refractivity contribution in [2.24, 2.45) is 5.11 Å². The summed E-state index contributed by atoms with van der Waals surface area (Å²) in [6.45, 7) is 1.71. The second kappa shape index (κ2) is 4.76. The van der Waals surface area contributed by atoms with Crippen molar-refractivity contribution in [3.05, 3.63) is 34.2 Å². The number of rotatable bonds is 3. The molecular weight excluding hydrogens is 223 g/mol. The van der Waals surface area contributed by atoms with E-state index in [9.17, 15) is 13.2 Å². The second-order valence-electron chi connectivity index (χ2n) is 2.80. The number of hydrogen-bond acceptors (Lipinski definition) is 2. The topological polar surface area (TPSA) is 58.0 Å². The van der Waals surface area contributed by atoms with Gasteiger partial charge in [0.2, 0.25) is 0 Å². The fraction of sp³-hybridized carbons (Fsp3) is 0.333. The van der Waals surface area contributed by atoms with Crippen molar-refractivity contribution in [1.29, 1.82) is 0 Å². The fourth-order valence-electron chi connectivity index (χ4n) is 1.13. The maximum absolute atomic E-state index is 12.6. The summed E-state index contributed by atoms with van der Waals surface area (Å²) in [6, 6.07) is 3.15. The van der Waals surface area contributed by atoms with E-state index in [0.717, 1.165) is 12.1 Å². The van der Waals surface area contributed by atoms with Crippen molar-refractivity contribution in [1.82, 2.24) is 0 Å². The Morgan fingerprint density at radius 2 is 2.12 bits per heavy atom. The molecule has 0 aliphatic heterocycles. The van der Waals surface area contributed by atoms with Gasteiger partial charge in [-0.3, -0.25) is 0 Å². The third-order valence-corrected chi connectivity index (χ3v) is 1.73. The van der Waals surface area contributed by atoms with Gasteiger partial charge >= 0.3 is 6.18 Å². The minimum Gasteiger partial charge on any atom is -0.493 e. The number of benzene rings is 1. The van der Waals surface area contributed by atoms with Gasteiger partial charge in [-0.15, -0.1) is 0 Å². The molecule has 4 nitrogen and oxygen atoms in total. The molecule has 0 fully saturated rings. The molecule has 0 spiro atoms. The molecule has 0 aromatic heterocycles. The molecule has 1 aromatic carbocycles. The zero-order valence-electron chi connectivity index (χ0n) is 8.32. The Kier molecular flexibility index (Phi) is 3.63. The largest absolute Gasteiger partial charge is 0.493 e. The predicted octanol–water partition coefficient (Wildman–Crippen LogP) is 4.05. The highest BCUT2D eigenvalue weighted by molar-refractivity contribution is 5.48. The predicted molar refractivity (Wildman–Crippen MR) is 51.4 cm³/mol. The van der Waals surface area contributed by atoms with E-state index < -0.39 is 11.7 Å². The highest BCUT2D eigenvalue weighted by atomic mass is 19.4. The average molecular weight is 231 g/mol. The van der Waals surface area contributed by atoms with Crippen LogP contribution in [-0.4, -0.2) is 6.61 Å². The van der Waals surface area contributed by atoms with Gasteiger partial charge in [-0.05, 0) is 30.7 Å². The molecule has 0 bridgehead atoms. The molecule has 1 rings (SSSR count). The normalized spacial score (nSPS) is 10.8. The molecule has 16 heavy (non-hydrogen) atoms. The smallest absolute Gasteiger partial charge is 0.419 e. The molecule has 0 unspecified atom stereocenters. The molecule has 0 heterocycles. The summed E-state index contributed by atoms with van der Waals surface area (Å²) in [5.41, 5.74) is 7.09. The van der Waals surface area contributed by atoms with Gasteiger partial charge in [-0.1, -0.05) is 5.11 Å². The molecule has 0 atom stereocenters. The zero-order valence-corrected chi connectivity index (χ0v) is 8.32. The van der Waals surface area contributed by atoms with Crippen LogP contribution in [0.1, 0.15) is 12.5 Å². The van der Waals surface area contributed by atoms with Gasteiger partial charge in [-0.2, -0.15) is 13.2 Å². The number of halogens is 3. The minimum atomic E-state index is -4.54. The number of ether oxygens (including phenoxy) is 1. The van der Waals surface area contributed by atoms with Crippen LogP contribution in [0.5, 0.6) is 5.75 Å². The first-order chi connectivity index (χ1) is 7.49. The van der Waals surface area contributed by atoms with E-state index in [1.54, 1.807) is 6.92 Å². The maximum atomic E-state index is 12.6. The molecule has 1 aromatic rings. The Morgan fingerprint density at radius 3 is 2.62 bits per heavy atom. The van der Waals surface area contributed by atoms with Gasteiger partial charge in [0.1, 0.15) is 5.75 Å². The van der Waals surface area contributed by atoms with Crippen LogP contribution in [0.4, 0.5) is 18.9 Å². The van der Waals surface area contributed by atoms with Gasteiger partial charge in [0, 0.05) is 10.6 Å². The Balaban J connectivity index is 3.26. The molecule has 86 valence electrons. The summed E-state index contributed by atoms with van der Waals surface area (Å²) in [5.74, 6) is -0.271. The van der Waals surface area contributed by atoms with Crippen LogP contribution < -0.4 is 4.74 Å². The van der Waals surface area contributed by atoms with Gasteiger partial charge in [0.05, 0.1) is 12.2 Å². The molecule has 0 amide bonds. The molecule has 0 N–H and O–H groups in total. The van der Waals surface area contributed by atoms with Gasteiger partial charge < -0.3 is 4.74 Å². The third-order valence-electron chi connectivity index (χ3n) is 1.73. The Bertz CT molecular complexity index is 424. The number of nitrogens with zero attached hydrogens (tertiary/aromatic N) is 3. The monoisotopic (exact) mass is 231 g/mol. The van der Waals surface area contributed by atoms with Crippen LogP contribution in [0.15, 0.2) is 23.3 Å². The number of azide groups is 1. The highest BCUT2D eigenvalue weighted by Crippen LogP contribution is 2.38. The summed E-state index contributed by atoms with van der Waals surface area (Å²) >= 11 is 0. The molecule has 0 saturated heterocycles. The first-order valence-electron chi connectivity index (χ1n) is 4.38. The van der Waals surface area contributed by atoms with Gasteiger partial charge in [0.15, 0.2) is 0 Å². The lowest BCUT2D eigenvalue weighted by molar-refractivity contribution is -0.138. The Labute approximate surface area is 89.3 Å². The van der Waals surface area contributed by atoms with E-state index >= 15 is 0 Å². The second-order valence-corrected chi connectivity index (χ2v) is 2.80. The van der Waals surface area contributed by atoms with Crippen LogP contribution >= 0.6 is 0 Å². The highest BCUT2D eigenvalue weighted by Gasteiger charge is 2.34. The van der Waals surface area contributed by atoms with E-state index in [1.165, 1.54) is 6.07 Å². The summed E-state index contributed by atoms with van der Waals surface area (Å²) in [4.78, 5) is 2.42. The van der Waals surface area contributed by atoms with Crippen molar-refractivity contribution in [3.63, 3.8) is 0 Å². The van der Waals surface area contributed by atoms with Crippen molar-refractivity contribution in [2.75, 3.05) is 6.61 Å². The van der Waals surface area contributed by atoms with Gasteiger partial charge in [0.25, 0.3) is 0 Å². The van der Waals surface area contributed by atoms with E-state index in [4.69, 9.17) is 10.3 Å². The summed E-state index contributed by atoms with van der Waals surface area (Å²) < 4.78 is 42.6. The van der Waals surface area contributed by atoms with Crippen molar-refractivity contribution in [2.45, 2.75) is 13.1 Å². The van der Waals surface area contributed by atoms with Crippen molar-refractivity contribution >= 4 is 5.69 Å². The van der Waals surface area contributed by atoms with E-state index in [2.05, 4.69) is 10.0 Å². The van der Waals surface area contributed by atoms with Crippen LogP contribution in [-0.2, 0) is 6.18 Å². The van der Waals surface area contributed by atoms with Crippen LogP contribution in [0.25, 0.3) is 10.4 Å². The lowest BCUT2D eigenvalue weighted by atomic mass is 10.1. The summed E-state index contributed by atoms with van der Waals surface area (Å²) in [6.07, 6.45) is -4.54. The fourth-order valence-corrected chi connectivity index (χ4v) is 1.13. The molecular formula is C9H8F3N3O. The molecule has 0 radical (unpaired) electrons. The van der Waals surface area contributed by atoms with E-state index in [1.807, 2.05) is 0 Å². The summed E-state index contributed by atoms with van der Waals surface area (Å²) in [5, 5.41) is 3.11. The zero-order chi connectivity index (χ0) is 12.2. The number of alkyl halides is 3. The third kappa shape index (κ3) is 2.80. The van der Waals surface area contributed by atoms with Crippen LogP contribution in [0, 0.1) is 0 Å². The van der Waals surface area contributed by atoms with Crippen LogP contribution in [0.3, 0.4) is 0 Å².